The zero-order chi connectivity index (χ0) is 10.7. The number of hydrogen-bond donors (Lipinski definition) is 1. The number of rotatable bonds is 3. The molecule has 78 valence electrons. The molecule has 2 aromatic rings. The maximum absolute atomic E-state index is 13.3. The molecule has 1 aromatic carbocycles. The highest BCUT2D eigenvalue weighted by atomic mass is 35.5. The first-order chi connectivity index (χ1) is 7.25. The largest absolute Gasteiger partial charge is 0.467 e. The number of nitrogens with one attached hydrogen (secondary N) is 1. The maximum atomic E-state index is 13.3. The van der Waals surface area contributed by atoms with Crippen LogP contribution >= 0.6 is 11.6 Å². The normalized spacial score (nSPS) is 10.3. The predicted molar refractivity (Wildman–Crippen MR) is 57.4 cm³/mol. The van der Waals surface area contributed by atoms with E-state index in [4.69, 9.17) is 16.0 Å². The van der Waals surface area contributed by atoms with Crippen molar-refractivity contribution >= 4 is 17.3 Å². The lowest BCUT2D eigenvalue weighted by Gasteiger charge is -2.05. The second-order valence-corrected chi connectivity index (χ2v) is 3.49. The third kappa shape index (κ3) is 2.50. The highest BCUT2D eigenvalue weighted by Crippen LogP contribution is 2.19. The zero-order valence-electron chi connectivity index (χ0n) is 7.84. The molecule has 0 fully saturated rings. The van der Waals surface area contributed by atoms with E-state index in [0.29, 0.717) is 17.3 Å². The lowest BCUT2D eigenvalue weighted by Crippen LogP contribution is -2.00. The van der Waals surface area contributed by atoms with Gasteiger partial charge in [0.15, 0.2) is 0 Å². The molecular weight excluding hydrogens is 217 g/mol. The van der Waals surface area contributed by atoms with Gasteiger partial charge in [-0.25, -0.2) is 4.39 Å². The van der Waals surface area contributed by atoms with Crippen molar-refractivity contribution < 1.29 is 8.81 Å². The molecule has 4 heteroatoms. The first-order valence-electron chi connectivity index (χ1n) is 4.47. The van der Waals surface area contributed by atoms with E-state index in [0.717, 1.165) is 5.76 Å². The van der Waals surface area contributed by atoms with E-state index in [1.807, 2.05) is 6.07 Å². The molecule has 2 rings (SSSR count). The van der Waals surface area contributed by atoms with Crippen molar-refractivity contribution in [2.45, 2.75) is 6.54 Å². The molecule has 0 radical (unpaired) electrons. The molecule has 0 amide bonds. The van der Waals surface area contributed by atoms with Crippen molar-refractivity contribution in [2.24, 2.45) is 0 Å². The fourth-order valence-electron chi connectivity index (χ4n) is 1.23. The number of hydrogen-bond acceptors (Lipinski definition) is 2. The van der Waals surface area contributed by atoms with Crippen LogP contribution in [0.2, 0.25) is 5.02 Å². The Morgan fingerprint density at radius 3 is 2.87 bits per heavy atom. The quantitative estimate of drug-likeness (QED) is 0.862. The second-order valence-electron chi connectivity index (χ2n) is 3.06. The van der Waals surface area contributed by atoms with Gasteiger partial charge < -0.3 is 9.73 Å². The molecule has 1 heterocycles. The first kappa shape index (κ1) is 10.1. The summed E-state index contributed by atoms with van der Waals surface area (Å²) in [4.78, 5) is 0. The van der Waals surface area contributed by atoms with Crippen LogP contribution in [0.25, 0.3) is 0 Å². The molecule has 0 aliphatic heterocycles. The third-order valence-electron chi connectivity index (χ3n) is 1.96. The first-order valence-corrected chi connectivity index (χ1v) is 4.85. The van der Waals surface area contributed by atoms with Crippen LogP contribution in [-0.2, 0) is 6.54 Å². The monoisotopic (exact) mass is 225 g/mol. The Labute approximate surface area is 91.7 Å². The van der Waals surface area contributed by atoms with Crippen molar-refractivity contribution in [1.82, 2.24) is 0 Å². The molecular formula is C11H9ClFNO. The summed E-state index contributed by atoms with van der Waals surface area (Å²) in [5.41, 5.74) is 0.413. The van der Waals surface area contributed by atoms with Gasteiger partial charge in [-0.3, -0.25) is 0 Å². The number of anilines is 1. The molecule has 0 saturated heterocycles. The van der Waals surface area contributed by atoms with E-state index < -0.39 is 0 Å². The summed E-state index contributed by atoms with van der Waals surface area (Å²) in [5, 5.41) is 3.30. The summed E-state index contributed by atoms with van der Waals surface area (Å²) in [6, 6.07) is 8.11. The lowest BCUT2D eigenvalue weighted by molar-refractivity contribution is 0.517. The molecule has 0 saturated carbocycles. The molecule has 0 aliphatic carbocycles. The van der Waals surface area contributed by atoms with Crippen LogP contribution in [0.1, 0.15) is 5.76 Å². The maximum Gasteiger partial charge on any atom is 0.147 e. The van der Waals surface area contributed by atoms with Gasteiger partial charge in [0.1, 0.15) is 11.6 Å². The minimum atomic E-state index is -0.367. The van der Waals surface area contributed by atoms with E-state index in [1.165, 1.54) is 6.07 Å². The standard InChI is InChI=1S/C11H9ClFNO/c12-8-3-4-11(10(13)6-8)14-7-9-2-1-5-15-9/h1-6,14H,7H2. The van der Waals surface area contributed by atoms with Gasteiger partial charge in [-0.05, 0) is 30.3 Å². The fraction of sp³-hybridized carbons (Fsp3) is 0.0909. The highest BCUT2D eigenvalue weighted by Gasteiger charge is 2.02. The van der Waals surface area contributed by atoms with E-state index in [-0.39, 0.29) is 5.82 Å². The SMILES string of the molecule is Fc1cc(Cl)ccc1NCc1ccco1. The van der Waals surface area contributed by atoms with Crippen molar-refractivity contribution in [3.63, 3.8) is 0 Å². The summed E-state index contributed by atoms with van der Waals surface area (Å²) in [6.45, 7) is 0.450. The summed E-state index contributed by atoms with van der Waals surface area (Å²) in [6.07, 6.45) is 1.58. The summed E-state index contributed by atoms with van der Waals surface area (Å²) in [7, 11) is 0. The average Bonchev–Trinajstić information content (AvgIpc) is 2.69. The molecule has 0 spiro atoms. The van der Waals surface area contributed by atoms with E-state index in [2.05, 4.69) is 5.32 Å². The van der Waals surface area contributed by atoms with Gasteiger partial charge in [0.05, 0.1) is 18.5 Å². The smallest absolute Gasteiger partial charge is 0.147 e. The number of halogens is 2. The Balaban J connectivity index is 2.05. The Morgan fingerprint density at radius 2 is 2.20 bits per heavy atom. The third-order valence-corrected chi connectivity index (χ3v) is 2.20. The topological polar surface area (TPSA) is 25.2 Å². The van der Waals surface area contributed by atoms with Gasteiger partial charge >= 0.3 is 0 Å². The van der Waals surface area contributed by atoms with E-state index in [1.54, 1.807) is 24.5 Å². The summed E-state index contributed by atoms with van der Waals surface area (Å²) in [5.74, 6) is 0.387. The van der Waals surface area contributed by atoms with Crippen LogP contribution in [0.15, 0.2) is 41.0 Å². The van der Waals surface area contributed by atoms with Crippen molar-refractivity contribution in [1.29, 1.82) is 0 Å². The van der Waals surface area contributed by atoms with Gasteiger partial charge in [-0.1, -0.05) is 11.6 Å². The van der Waals surface area contributed by atoms with Crippen LogP contribution < -0.4 is 5.32 Å². The van der Waals surface area contributed by atoms with Crippen molar-refractivity contribution in [2.75, 3.05) is 5.32 Å². The Kier molecular flexibility index (Phi) is 2.92. The van der Waals surface area contributed by atoms with E-state index in [9.17, 15) is 4.39 Å². The van der Waals surface area contributed by atoms with E-state index >= 15 is 0 Å². The Hall–Kier alpha value is -1.48. The zero-order valence-corrected chi connectivity index (χ0v) is 8.59. The van der Waals surface area contributed by atoms with Crippen LogP contribution in [0.3, 0.4) is 0 Å². The lowest BCUT2D eigenvalue weighted by atomic mass is 10.3. The van der Waals surface area contributed by atoms with Gasteiger partial charge in [-0.2, -0.15) is 0 Å². The molecule has 0 aliphatic rings. The van der Waals surface area contributed by atoms with Crippen LogP contribution in [0.5, 0.6) is 0 Å². The minimum absolute atomic E-state index is 0.367. The van der Waals surface area contributed by atoms with Crippen molar-refractivity contribution in [3.8, 4) is 0 Å². The van der Waals surface area contributed by atoms with Gasteiger partial charge in [-0.15, -0.1) is 0 Å². The number of benzene rings is 1. The molecule has 0 unspecified atom stereocenters. The molecule has 0 atom stereocenters. The van der Waals surface area contributed by atoms with Gasteiger partial charge in [0, 0.05) is 5.02 Å². The number of furan rings is 1. The van der Waals surface area contributed by atoms with Crippen LogP contribution in [0.4, 0.5) is 10.1 Å². The van der Waals surface area contributed by atoms with Crippen LogP contribution in [0, 0.1) is 5.82 Å². The molecule has 1 aromatic heterocycles. The summed E-state index contributed by atoms with van der Waals surface area (Å²) < 4.78 is 18.4. The second kappa shape index (κ2) is 4.36. The molecule has 0 bridgehead atoms. The fourth-order valence-corrected chi connectivity index (χ4v) is 1.39. The van der Waals surface area contributed by atoms with Gasteiger partial charge in [0.2, 0.25) is 0 Å². The average molecular weight is 226 g/mol. The molecule has 1 N–H and O–H groups in total. The van der Waals surface area contributed by atoms with Crippen LogP contribution in [-0.4, -0.2) is 0 Å². The Bertz CT molecular complexity index is 442. The minimum Gasteiger partial charge on any atom is -0.467 e. The van der Waals surface area contributed by atoms with Gasteiger partial charge in [0.25, 0.3) is 0 Å². The Morgan fingerprint density at radius 1 is 1.33 bits per heavy atom. The molecule has 15 heavy (non-hydrogen) atoms. The summed E-state index contributed by atoms with van der Waals surface area (Å²) >= 11 is 5.63. The molecule has 2 nitrogen and oxygen atoms in total. The predicted octanol–water partition coefficient (Wildman–Crippen LogP) is 3.68. The highest BCUT2D eigenvalue weighted by molar-refractivity contribution is 6.30. The van der Waals surface area contributed by atoms with Crippen molar-refractivity contribution in [3.05, 3.63) is 53.2 Å².